The van der Waals surface area contributed by atoms with Gasteiger partial charge in [-0.2, -0.15) is 5.26 Å². The number of rotatable bonds is 4. The first-order chi connectivity index (χ1) is 10.8. The summed E-state index contributed by atoms with van der Waals surface area (Å²) in [6, 6.07) is 11.2. The van der Waals surface area contributed by atoms with Gasteiger partial charge in [-0.1, -0.05) is 17.7 Å². The molecule has 0 unspecified atom stereocenters. The van der Waals surface area contributed by atoms with Gasteiger partial charge in [0.2, 0.25) is 0 Å². The van der Waals surface area contributed by atoms with Gasteiger partial charge in [0.25, 0.3) is 10.0 Å². The van der Waals surface area contributed by atoms with Crippen molar-refractivity contribution in [1.82, 2.24) is 0 Å². The fraction of sp³-hybridized carbons (Fsp3) is 0. The van der Waals surface area contributed by atoms with Gasteiger partial charge >= 0.3 is 0 Å². The van der Waals surface area contributed by atoms with Crippen LogP contribution in [-0.2, 0) is 10.0 Å². The number of nitrogens with one attached hydrogen (secondary N) is 1. The first-order valence-corrected chi connectivity index (χ1v) is 8.10. The maximum Gasteiger partial charge on any atom is 0.272 e. The summed E-state index contributed by atoms with van der Waals surface area (Å²) >= 11 is 5.72. The Labute approximate surface area is 137 Å². The highest BCUT2D eigenvalue weighted by Crippen LogP contribution is 2.26. The number of benzene rings is 2. The number of phenolic OH excluding ortho intramolecular Hbond substituents is 2. The number of halogens is 1. The quantitative estimate of drug-likeness (QED) is 0.579. The summed E-state index contributed by atoms with van der Waals surface area (Å²) in [6.45, 7) is 0. The fourth-order valence-corrected chi connectivity index (χ4v) is 2.77. The summed E-state index contributed by atoms with van der Waals surface area (Å²) in [5.74, 6) is -0.762. The number of nitriles is 1. The van der Waals surface area contributed by atoms with E-state index in [0.29, 0.717) is 5.02 Å². The molecule has 0 atom stereocenters. The van der Waals surface area contributed by atoms with Gasteiger partial charge in [0.15, 0.2) is 16.4 Å². The Bertz CT molecular complexity index is 900. The summed E-state index contributed by atoms with van der Waals surface area (Å²) in [5, 5.41) is 28.2. The van der Waals surface area contributed by atoms with Gasteiger partial charge < -0.3 is 10.2 Å². The number of sulfonamides is 1. The maximum atomic E-state index is 12.2. The second-order valence-corrected chi connectivity index (χ2v) is 6.57. The Morgan fingerprint density at radius 3 is 2.35 bits per heavy atom. The summed E-state index contributed by atoms with van der Waals surface area (Å²) < 4.78 is 26.7. The Hall–Kier alpha value is -2.69. The average Bonchev–Trinajstić information content (AvgIpc) is 2.50. The minimum Gasteiger partial charge on any atom is -0.504 e. The summed E-state index contributed by atoms with van der Waals surface area (Å²) in [7, 11) is -4.10. The molecular weight excluding hydrogens is 340 g/mol. The molecule has 0 aliphatic heterocycles. The van der Waals surface area contributed by atoms with E-state index in [0.717, 1.165) is 12.1 Å². The van der Waals surface area contributed by atoms with E-state index in [1.807, 2.05) is 0 Å². The zero-order valence-electron chi connectivity index (χ0n) is 11.6. The molecule has 0 aliphatic rings. The van der Waals surface area contributed by atoms with E-state index in [9.17, 15) is 18.6 Å². The predicted octanol–water partition coefficient (Wildman–Crippen LogP) is 3.06. The zero-order valence-corrected chi connectivity index (χ0v) is 13.1. The minimum atomic E-state index is -4.10. The largest absolute Gasteiger partial charge is 0.504 e. The highest BCUT2D eigenvalue weighted by atomic mass is 35.5. The summed E-state index contributed by atoms with van der Waals surface area (Å²) in [4.78, 5) is -0.544. The third kappa shape index (κ3) is 4.16. The van der Waals surface area contributed by atoms with Crippen LogP contribution in [-0.4, -0.2) is 18.6 Å². The molecule has 0 heterocycles. The average molecular weight is 351 g/mol. The molecule has 118 valence electrons. The number of allylic oxidation sites excluding steroid dienone is 1. The summed E-state index contributed by atoms with van der Waals surface area (Å²) in [6.07, 6.45) is 1.08. The molecule has 0 fully saturated rings. The lowest BCUT2D eigenvalue weighted by atomic mass is 10.2. The van der Waals surface area contributed by atoms with Gasteiger partial charge in [0, 0.05) is 10.7 Å². The molecule has 0 aliphatic carbocycles. The topological polar surface area (TPSA) is 110 Å². The van der Waals surface area contributed by atoms with Crippen LogP contribution in [0.4, 0.5) is 5.69 Å². The molecule has 2 aromatic carbocycles. The van der Waals surface area contributed by atoms with Crippen LogP contribution in [0.3, 0.4) is 0 Å². The molecule has 0 aromatic heterocycles. The SMILES string of the molecule is N#CC(=Cc1ccc(O)c(O)c1)S(=O)(=O)Nc1ccc(Cl)cc1. The standard InChI is InChI=1S/C15H11ClN2O4S/c16-11-2-4-12(5-3-11)18-23(21,22)13(9-17)7-10-1-6-14(19)15(20)8-10/h1-8,18-20H. The Balaban J connectivity index is 2.34. The van der Waals surface area contributed by atoms with Crippen LogP contribution in [0.2, 0.25) is 5.02 Å². The lowest BCUT2D eigenvalue weighted by Crippen LogP contribution is -2.14. The van der Waals surface area contributed by atoms with E-state index < -0.39 is 20.7 Å². The molecule has 8 heteroatoms. The lowest BCUT2D eigenvalue weighted by Gasteiger charge is -2.07. The molecule has 0 bridgehead atoms. The molecule has 0 amide bonds. The molecule has 0 saturated carbocycles. The van der Waals surface area contributed by atoms with Crippen molar-refractivity contribution in [1.29, 1.82) is 5.26 Å². The van der Waals surface area contributed by atoms with E-state index in [2.05, 4.69) is 4.72 Å². The van der Waals surface area contributed by atoms with Crippen LogP contribution in [0.15, 0.2) is 47.4 Å². The van der Waals surface area contributed by atoms with Crippen molar-refractivity contribution in [2.45, 2.75) is 0 Å². The number of nitrogens with zero attached hydrogens (tertiary/aromatic N) is 1. The number of hydrogen-bond donors (Lipinski definition) is 3. The number of anilines is 1. The molecule has 2 aromatic rings. The lowest BCUT2D eigenvalue weighted by molar-refractivity contribution is 0.403. The van der Waals surface area contributed by atoms with E-state index in [1.54, 1.807) is 6.07 Å². The van der Waals surface area contributed by atoms with Gasteiger partial charge in [-0.05, 0) is 48.0 Å². The second-order valence-electron chi connectivity index (χ2n) is 4.48. The van der Waals surface area contributed by atoms with Crippen molar-refractivity contribution in [3.8, 4) is 17.6 Å². The van der Waals surface area contributed by atoms with Gasteiger partial charge in [0.05, 0.1) is 0 Å². The Morgan fingerprint density at radius 2 is 1.78 bits per heavy atom. The monoisotopic (exact) mass is 350 g/mol. The van der Waals surface area contributed by atoms with E-state index in [-0.39, 0.29) is 17.0 Å². The number of phenols is 2. The van der Waals surface area contributed by atoms with Crippen molar-refractivity contribution < 1.29 is 18.6 Å². The van der Waals surface area contributed by atoms with Gasteiger partial charge in [0.1, 0.15) is 6.07 Å². The van der Waals surface area contributed by atoms with Crippen LogP contribution >= 0.6 is 11.6 Å². The van der Waals surface area contributed by atoms with Crippen LogP contribution in [0, 0.1) is 11.3 Å². The second kappa shape index (κ2) is 6.60. The highest BCUT2D eigenvalue weighted by molar-refractivity contribution is 7.96. The molecule has 0 spiro atoms. The maximum absolute atomic E-state index is 12.2. The van der Waals surface area contributed by atoms with Gasteiger partial charge in [-0.15, -0.1) is 0 Å². The molecule has 0 saturated heterocycles. The Morgan fingerprint density at radius 1 is 1.13 bits per heavy atom. The molecular formula is C15H11ClN2O4S. The van der Waals surface area contributed by atoms with E-state index in [4.69, 9.17) is 16.9 Å². The van der Waals surface area contributed by atoms with Crippen LogP contribution in [0.25, 0.3) is 6.08 Å². The molecule has 23 heavy (non-hydrogen) atoms. The van der Waals surface area contributed by atoms with Crippen LogP contribution in [0.5, 0.6) is 11.5 Å². The smallest absolute Gasteiger partial charge is 0.272 e. The number of hydrogen-bond acceptors (Lipinski definition) is 5. The zero-order chi connectivity index (χ0) is 17.0. The third-order valence-corrected chi connectivity index (χ3v) is 4.34. The normalized spacial score (nSPS) is 11.7. The van der Waals surface area contributed by atoms with Crippen LogP contribution < -0.4 is 4.72 Å². The first kappa shape index (κ1) is 16.7. The summed E-state index contributed by atoms with van der Waals surface area (Å²) in [5.41, 5.74) is 0.502. The minimum absolute atomic E-state index is 0.248. The third-order valence-electron chi connectivity index (χ3n) is 2.79. The Kier molecular flexibility index (Phi) is 4.79. The van der Waals surface area contributed by atoms with Crippen LogP contribution in [0.1, 0.15) is 5.56 Å². The molecule has 3 N–H and O–H groups in total. The number of aromatic hydroxyl groups is 2. The van der Waals surface area contributed by atoms with Crippen molar-refractivity contribution in [2.24, 2.45) is 0 Å². The van der Waals surface area contributed by atoms with E-state index in [1.165, 1.54) is 36.4 Å². The predicted molar refractivity (Wildman–Crippen MR) is 87.4 cm³/mol. The van der Waals surface area contributed by atoms with E-state index >= 15 is 0 Å². The first-order valence-electron chi connectivity index (χ1n) is 6.24. The molecule has 0 radical (unpaired) electrons. The van der Waals surface area contributed by atoms with Crippen molar-refractivity contribution >= 4 is 33.4 Å². The van der Waals surface area contributed by atoms with Crippen molar-refractivity contribution in [2.75, 3.05) is 4.72 Å². The molecule has 2 rings (SSSR count). The van der Waals surface area contributed by atoms with Crippen molar-refractivity contribution in [3.63, 3.8) is 0 Å². The van der Waals surface area contributed by atoms with Gasteiger partial charge in [-0.25, -0.2) is 8.42 Å². The van der Waals surface area contributed by atoms with Crippen molar-refractivity contribution in [3.05, 3.63) is 58.0 Å². The fourth-order valence-electron chi connectivity index (χ4n) is 1.68. The van der Waals surface area contributed by atoms with Gasteiger partial charge in [-0.3, -0.25) is 4.72 Å². The molecule has 6 nitrogen and oxygen atoms in total. The highest BCUT2D eigenvalue weighted by Gasteiger charge is 2.18.